The number of benzene rings is 3. The minimum absolute atomic E-state index is 0.0135. The van der Waals surface area contributed by atoms with E-state index < -0.39 is 24.1 Å². The number of nitrogen functional groups attached to an aromatic ring is 1. The number of ether oxygens (including phenoxy) is 1. The molecule has 0 aromatic heterocycles. The number of amides is 1. The van der Waals surface area contributed by atoms with Crippen LogP contribution in [0.3, 0.4) is 0 Å². The third-order valence-electron chi connectivity index (χ3n) is 5.79. The Balaban J connectivity index is 1.29. The lowest BCUT2D eigenvalue weighted by molar-refractivity contribution is 0.0117. The number of carbonyl (C=O) groups is 1. The van der Waals surface area contributed by atoms with E-state index >= 15 is 0 Å². The fourth-order valence-electron chi connectivity index (χ4n) is 4.13. The molecule has 1 aliphatic rings. The molecule has 32 heavy (non-hydrogen) atoms. The van der Waals surface area contributed by atoms with Crippen LogP contribution in [0.4, 0.5) is 14.9 Å². The number of aliphatic hydroxyl groups excluding tert-OH is 2. The highest BCUT2D eigenvalue weighted by Crippen LogP contribution is 2.44. The van der Waals surface area contributed by atoms with Gasteiger partial charge in [-0.1, -0.05) is 60.7 Å². The van der Waals surface area contributed by atoms with Crippen LogP contribution in [0.15, 0.2) is 66.7 Å². The SMILES string of the molecule is Nc1cccc(C(O)C(O)CCNC(=O)OCC2c3ccccc3-c3ccccc32)c1F. The van der Waals surface area contributed by atoms with Crippen LogP contribution in [0.2, 0.25) is 0 Å². The minimum atomic E-state index is -1.46. The molecular formula is C25H25FN2O4. The second-order valence-corrected chi connectivity index (χ2v) is 7.80. The summed E-state index contributed by atoms with van der Waals surface area (Å²) in [6.07, 6.45) is -3.34. The molecule has 0 fully saturated rings. The number of anilines is 1. The molecule has 6 nitrogen and oxygen atoms in total. The van der Waals surface area contributed by atoms with Crippen molar-refractivity contribution < 1.29 is 24.1 Å². The number of nitrogens with one attached hydrogen (secondary N) is 1. The molecule has 1 aliphatic carbocycles. The summed E-state index contributed by atoms with van der Waals surface area (Å²) in [7, 11) is 0. The highest BCUT2D eigenvalue weighted by Gasteiger charge is 2.29. The van der Waals surface area contributed by atoms with E-state index in [-0.39, 0.29) is 36.7 Å². The van der Waals surface area contributed by atoms with Gasteiger partial charge in [-0.2, -0.15) is 0 Å². The van der Waals surface area contributed by atoms with Gasteiger partial charge >= 0.3 is 6.09 Å². The van der Waals surface area contributed by atoms with E-state index in [9.17, 15) is 19.4 Å². The number of rotatable bonds is 7. The molecule has 2 unspecified atom stereocenters. The zero-order valence-corrected chi connectivity index (χ0v) is 17.4. The van der Waals surface area contributed by atoms with E-state index in [2.05, 4.69) is 17.4 Å². The molecule has 0 aliphatic heterocycles. The third-order valence-corrected chi connectivity index (χ3v) is 5.79. The van der Waals surface area contributed by atoms with E-state index in [1.54, 1.807) is 0 Å². The lowest BCUT2D eigenvalue weighted by atomic mass is 9.98. The normalized spacial score (nSPS) is 14.3. The largest absolute Gasteiger partial charge is 0.449 e. The van der Waals surface area contributed by atoms with Crippen molar-refractivity contribution in [2.75, 3.05) is 18.9 Å². The maximum atomic E-state index is 14.0. The van der Waals surface area contributed by atoms with Gasteiger partial charge in [0.2, 0.25) is 0 Å². The van der Waals surface area contributed by atoms with Crippen molar-refractivity contribution in [3.63, 3.8) is 0 Å². The molecule has 0 saturated heterocycles. The van der Waals surface area contributed by atoms with Crippen LogP contribution in [-0.4, -0.2) is 35.6 Å². The maximum Gasteiger partial charge on any atom is 0.407 e. The molecular weight excluding hydrogens is 411 g/mol. The van der Waals surface area contributed by atoms with Crippen molar-refractivity contribution in [2.45, 2.75) is 24.5 Å². The number of carbonyl (C=O) groups excluding carboxylic acids is 1. The summed E-state index contributed by atoms with van der Waals surface area (Å²) in [6.45, 7) is 0.235. The van der Waals surface area contributed by atoms with Crippen LogP contribution in [0.5, 0.6) is 0 Å². The van der Waals surface area contributed by atoms with Gasteiger partial charge in [0.15, 0.2) is 5.82 Å². The van der Waals surface area contributed by atoms with Gasteiger partial charge in [-0.05, 0) is 34.7 Å². The molecule has 3 aromatic rings. The van der Waals surface area contributed by atoms with Gasteiger partial charge < -0.3 is 26.0 Å². The van der Waals surface area contributed by atoms with Gasteiger partial charge in [0.1, 0.15) is 12.7 Å². The summed E-state index contributed by atoms with van der Waals surface area (Å²) in [4.78, 5) is 12.2. The van der Waals surface area contributed by atoms with Crippen LogP contribution in [0.1, 0.15) is 35.1 Å². The number of nitrogens with two attached hydrogens (primary N) is 1. The average Bonchev–Trinajstić information content (AvgIpc) is 3.13. The first-order valence-electron chi connectivity index (χ1n) is 10.5. The van der Waals surface area contributed by atoms with Gasteiger partial charge in [-0.25, -0.2) is 9.18 Å². The summed E-state index contributed by atoms with van der Waals surface area (Å²) >= 11 is 0. The van der Waals surface area contributed by atoms with E-state index in [4.69, 9.17) is 10.5 Å². The number of hydrogen-bond acceptors (Lipinski definition) is 5. The van der Waals surface area contributed by atoms with Crippen molar-refractivity contribution in [1.82, 2.24) is 5.32 Å². The van der Waals surface area contributed by atoms with Crippen LogP contribution >= 0.6 is 0 Å². The molecule has 0 saturated carbocycles. The topological polar surface area (TPSA) is 105 Å². The van der Waals surface area contributed by atoms with Crippen LogP contribution < -0.4 is 11.1 Å². The van der Waals surface area contributed by atoms with Gasteiger partial charge in [0, 0.05) is 18.0 Å². The maximum absolute atomic E-state index is 14.0. The lowest BCUT2D eigenvalue weighted by Crippen LogP contribution is -2.31. The molecule has 166 valence electrons. The Labute approximate surface area is 185 Å². The summed E-state index contributed by atoms with van der Waals surface area (Å²) in [5.41, 5.74) is 9.82. The lowest BCUT2D eigenvalue weighted by Gasteiger charge is -2.19. The van der Waals surface area contributed by atoms with Crippen molar-refractivity contribution >= 4 is 11.8 Å². The van der Waals surface area contributed by atoms with Gasteiger partial charge in [0.05, 0.1) is 11.8 Å². The van der Waals surface area contributed by atoms with Crippen molar-refractivity contribution in [2.24, 2.45) is 0 Å². The fraction of sp³-hybridized carbons (Fsp3) is 0.240. The van der Waals surface area contributed by atoms with Crippen LogP contribution in [0.25, 0.3) is 11.1 Å². The second-order valence-electron chi connectivity index (χ2n) is 7.80. The van der Waals surface area contributed by atoms with Crippen molar-refractivity contribution in [1.29, 1.82) is 0 Å². The second kappa shape index (κ2) is 9.38. The van der Waals surface area contributed by atoms with E-state index in [1.165, 1.54) is 18.2 Å². The summed E-state index contributed by atoms with van der Waals surface area (Å²) < 4.78 is 19.5. The van der Waals surface area contributed by atoms with E-state index in [0.717, 1.165) is 22.3 Å². The number of halogens is 1. The Hall–Kier alpha value is -3.42. The molecule has 3 aromatic carbocycles. The molecule has 7 heteroatoms. The molecule has 0 spiro atoms. The smallest absolute Gasteiger partial charge is 0.407 e. The zero-order valence-electron chi connectivity index (χ0n) is 17.4. The first-order valence-corrected chi connectivity index (χ1v) is 10.5. The van der Waals surface area contributed by atoms with Crippen molar-refractivity contribution in [3.8, 4) is 11.1 Å². The molecule has 0 bridgehead atoms. The van der Waals surface area contributed by atoms with E-state index in [1.807, 2.05) is 36.4 Å². The molecule has 1 amide bonds. The average molecular weight is 436 g/mol. The molecule has 5 N–H and O–H groups in total. The van der Waals surface area contributed by atoms with Gasteiger partial charge in [-0.3, -0.25) is 0 Å². The number of fused-ring (bicyclic) bond motifs is 3. The Morgan fingerprint density at radius 2 is 1.62 bits per heavy atom. The van der Waals surface area contributed by atoms with Crippen LogP contribution in [-0.2, 0) is 4.74 Å². The molecule has 2 atom stereocenters. The zero-order chi connectivity index (χ0) is 22.7. The monoisotopic (exact) mass is 436 g/mol. The first kappa shape index (κ1) is 21.8. The minimum Gasteiger partial charge on any atom is -0.449 e. The predicted octanol–water partition coefficient (Wildman–Crippen LogP) is 3.73. The molecule has 0 heterocycles. The predicted molar refractivity (Wildman–Crippen MR) is 119 cm³/mol. The quantitative estimate of drug-likeness (QED) is 0.423. The Morgan fingerprint density at radius 1 is 1.00 bits per heavy atom. The molecule has 4 rings (SSSR count). The highest BCUT2D eigenvalue weighted by molar-refractivity contribution is 5.79. The van der Waals surface area contributed by atoms with Crippen molar-refractivity contribution in [3.05, 3.63) is 89.2 Å². The number of hydrogen-bond donors (Lipinski definition) is 4. The Bertz CT molecular complexity index is 1080. The van der Waals surface area contributed by atoms with Gasteiger partial charge in [-0.15, -0.1) is 0 Å². The third kappa shape index (κ3) is 4.30. The highest BCUT2D eigenvalue weighted by atomic mass is 19.1. The standard InChI is InChI=1S/C25H25FN2O4/c26-23-19(10-5-11-21(23)27)24(30)22(29)12-13-28-25(31)32-14-20-17-8-3-1-6-15(17)16-7-2-4-9-18(16)20/h1-11,20,22,24,29-30H,12-14,27H2,(H,28,31). The number of alkyl carbamates (subject to hydrolysis) is 1. The first-order chi connectivity index (χ1) is 15.5. The van der Waals surface area contributed by atoms with Gasteiger partial charge in [0.25, 0.3) is 0 Å². The number of aliphatic hydroxyl groups is 2. The summed E-state index contributed by atoms with van der Waals surface area (Å²) in [5.74, 6) is -0.810. The summed E-state index contributed by atoms with van der Waals surface area (Å²) in [5, 5.41) is 22.9. The molecule has 0 radical (unpaired) electrons. The Kier molecular flexibility index (Phi) is 6.39. The van der Waals surface area contributed by atoms with Crippen LogP contribution in [0, 0.1) is 5.82 Å². The summed E-state index contributed by atoms with van der Waals surface area (Å²) in [6, 6.07) is 20.3. The van der Waals surface area contributed by atoms with E-state index in [0.29, 0.717) is 0 Å². The Morgan fingerprint density at radius 3 is 2.28 bits per heavy atom. The fourth-order valence-corrected chi connectivity index (χ4v) is 4.13.